The predicted molar refractivity (Wildman–Crippen MR) is 95.3 cm³/mol. The molecular formula is C20H34O3. The van der Waals surface area contributed by atoms with Gasteiger partial charge in [-0.1, -0.05) is 75.8 Å². The molecule has 0 heterocycles. The minimum absolute atomic E-state index is 0.149. The third-order valence-corrected chi connectivity index (χ3v) is 4.70. The molecule has 0 amide bonds. The van der Waals surface area contributed by atoms with Crippen molar-refractivity contribution in [3.05, 3.63) is 35.9 Å². The van der Waals surface area contributed by atoms with E-state index in [1.54, 1.807) is 14.2 Å². The Morgan fingerprint density at radius 3 is 2.09 bits per heavy atom. The normalized spacial score (nSPS) is 13.2. The van der Waals surface area contributed by atoms with Gasteiger partial charge in [0, 0.05) is 32.3 Å². The molecular weight excluding hydrogens is 288 g/mol. The lowest BCUT2D eigenvalue weighted by atomic mass is 9.84. The summed E-state index contributed by atoms with van der Waals surface area (Å²) in [4.78, 5) is 0. The van der Waals surface area contributed by atoms with Gasteiger partial charge in [-0.2, -0.15) is 0 Å². The van der Waals surface area contributed by atoms with Crippen LogP contribution >= 0.6 is 0 Å². The van der Waals surface area contributed by atoms with Crippen molar-refractivity contribution in [3.63, 3.8) is 0 Å². The van der Waals surface area contributed by atoms with Crippen molar-refractivity contribution in [2.75, 3.05) is 20.8 Å². The monoisotopic (exact) mass is 322 g/mol. The van der Waals surface area contributed by atoms with Gasteiger partial charge < -0.3 is 14.6 Å². The van der Waals surface area contributed by atoms with Gasteiger partial charge in [-0.15, -0.1) is 0 Å². The number of benzene rings is 1. The molecule has 3 nitrogen and oxygen atoms in total. The quantitative estimate of drug-likeness (QED) is 0.415. The molecule has 0 saturated carbocycles. The number of aliphatic hydroxyl groups is 1. The van der Waals surface area contributed by atoms with Crippen molar-refractivity contribution in [1.29, 1.82) is 0 Å². The molecule has 23 heavy (non-hydrogen) atoms. The Hall–Kier alpha value is -0.900. The lowest BCUT2D eigenvalue weighted by Gasteiger charge is -2.38. The summed E-state index contributed by atoms with van der Waals surface area (Å²) in [6, 6.07) is 10.1. The molecule has 3 heteroatoms. The Morgan fingerprint density at radius 2 is 1.52 bits per heavy atom. The van der Waals surface area contributed by atoms with E-state index in [2.05, 4.69) is 6.92 Å². The highest BCUT2D eigenvalue weighted by atomic mass is 16.7. The molecule has 0 aromatic heterocycles. The number of unbranched alkanes of at least 4 members (excludes halogenated alkanes) is 5. The first-order valence-corrected chi connectivity index (χ1v) is 9.01. The minimum Gasteiger partial charge on any atom is -0.396 e. The Morgan fingerprint density at radius 1 is 0.913 bits per heavy atom. The highest BCUT2D eigenvalue weighted by molar-refractivity contribution is 5.21. The molecule has 1 aromatic rings. The molecule has 0 aliphatic rings. The summed E-state index contributed by atoms with van der Waals surface area (Å²) in [7, 11) is 3.39. The molecule has 1 unspecified atom stereocenters. The fraction of sp³-hybridized carbons (Fsp3) is 0.700. The molecule has 0 aliphatic carbocycles. The van der Waals surface area contributed by atoms with E-state index in [1.165, 1.54) is 32.1 Å². The van der Waals surface area contributed by atoms with E-state index >= 15 is 0 Å². The zero-order chi connectivity index (χ0) is 17.0. The van der Waals surface area contributed by atoms with Gasteiger partial charge in [-0.05, 0) is 12.8 Å². The maximum absolute atomic E-state index is 9.50. The summed E-state index contributed by atoms with van der Waals surface area (Å²) in [5.74, 6) is -0.621. The minimum atomic E-state index is -0.770. The topological polar surface area (TPSA) is 38.7 Å². The van der Waals surface area contributed by atoms with E-state index in [0.29, 0.717) is 6.42 Å². The van der Waals surface area contributed by atoms with Crippen LogP contribution in [-0.4, -0.2) is 25.9 Å². The van der Waals surface area contributed by atoms with Gasteiger partial charge >= 0.3 is 0 Å². The lowest BCUT2D eigenvalue weighted by molar-refractivity contribution is -0.254. The van der Waals surface area contributed by atoms with Crippen LogP contribution in [0, 0.1) is 5.92 Å². The average molecular weight is 322 g/mol. The summed E-state index contributed by atoms with van der Waals surface area (Å²) < 4.78 is 11.7. The average Bonchev–Trinajstić information content (AvgIpc) is 2.60. The van der Waals surface area contributed by atoms with Gasteiger partial charge in [-0.25, -0.2) is 0 Å². The van der Waals surface area contributed by atoms with E-state index in [-0.39, 0.29) is 12.5 Å². The molecule has 0 aliphatic heterocycles. The van der Waals surface area contributed by atoms with Crippen molar-refractivity contribution in [2.45, 2.75) is 64.1 Å². The van der Waals surface area contributed by atoms with Crippen molar-refractivity contribution in [1.82, 2.24) is 0 Å². The van der Waals surface area contributed by atoms with Gasteiger partial charge in [0.1, 0.15) is 0 Å². The van der Waals surface area contributed by atoms with Crippen molar-refractivity contribution in [3.8, 4) is 0 Å². The molecule has 1 N–H and O–H groups in total. The first kappa shape index (κ1) is 20.1. The lowest BCUT2D eigenvalue weighted by Crippen LogP contribution is -2.40. The van der Waals surface area contributed by atoms with Crippen molar-refractivity contribution < 1.29 is 14.6 Å². The molecule has 0 fully saturated rings. The van der Waals surface area contributed by atoms with E-state index in [0.717, 1.165) is 18.4 Å². The van der Waals surface area contributed by atoms with E-state index in [1.807, 2.05) is 30.3 Å². The predicted octanol–water partition coefficient (Wildman–Crippen LogP) is 4.88. The fourth-order valence-corrected chi connectivity index (χ4v) is 3.41. The number of methoxy groups -OCH3 is 2. The summed E-state index contributed by atoms with van der Waals surface area (Å²) >= 11 is 0. The van der Waals surface area contributed by atoms with Crippen LogP contribution in [0.5, 0.6) is 0 Å². The van der Waals surface area contributed by atoms with E-state index < -0.39 is 5.79 Å². The summed E-state index contributed by atoms with van der Waals surface area (Å²) in [5, 5.41) is 9.50. The number of hydrogen-bond acceptors (Lipinski definition) is 3. The number of ether oxygens (including phenoxy) is 2. The molecule has 1 aromatic carbocycles. The fourth-order valence-electron chi connectivity index (χ4n) is 3.41. The maximum Gasteiger partial charge on any atom is 0.197 e. The van der Waals surface area contributed by atoms with Crippen LogP contribution in [0.25, 0.3) is 0 Å². The zero-order valence-corrected chi connectivity index (χ0v) is 15.1. The van der Waals surface area contributed by atoms with E-state index in [9.17, 15) is 5.11 Å². The molecule has 0 saturated heterocycles. The van der Waals surface area contributed by atoms with Crippen LogP contribution < -0.4 is 0 Å². The maximum atomic E-state index is 9.50. The summed E-state index contributed by atoms with van der Waals surface area (Å²) in [6.45, 7) is 2.39. The first-order valence-electron chi connectivity index (χ1n) is 9.01. The third-order valence-electron chi connectivity index (χ3n) is 4.70. The smallest absolute Gasteiger partial charge is 0.197 e. The Labute approximate surface area is 142 Å². The Kier molecular flexibility index (Phi) is 10.2. The zero-order valence-electron chi connectivity index (χ0n) is 15.1. The highest BCUT2D eigenvalue weighted by Crippen LogP contribution is 2.39. The largest absolute Gasteiger partial charge is 0.396 e. The number of aliphatic hydroxyl groups excluding tert-OH is 1. The molecule has 132 valence electrons. The van der Waals surface area contributed by atoms with Crippen LogP contribution in [0.3, 0.4) is 0 Å². The van der Waals surface area contributed by atoms with Gasteiger partial charge in [0.2, 0.25) is 0 Å². The first-order chi connectivity index (χ1) is 11.2. The second-order valence-electron chi connectivity index (χ2n) is 6.21. The molecule has 1 rings (SSSR count). The van der Waals surface area contributed by atoms with Gasteiger partial charge in [0.15, 0.2) is 5.79 Å². The van der Waals surface area contributed by atoms with Crippen molar-refractivity contribution >= 4 is 0 Å². The van der Waals surface area contributed by atoms with Crippen LogP contribution in [-0.2, 0) is 15.3 Å². The molecule has 0 spiro atoms. The molecule has 0 bridgehead atoms. The molecule has 0 radical (unpaired) electrons. The van der Waals surface area contributed by atoms with Gasteiger partial charge in [0.25, 0.3) is 0 Å². The Bertz CT molecular complexity index is 387. The highest BCUT2D eigenvalue weighted by Gasteiger charge is 2.40. The second-order valence-corrected chi connectivity index (χ2v) is 6.21. The number of rotatable bonds is 13. The van der Waals surface area contributed by atoms with Gasteiger partial charge in [0.05, 0.1) is 0 Å². The summed E-state index contributed by atoms with van der Waals surface area (Å²) in [5.41, 5.74) is 1.02. The Balaban J connectivity index is 2.74. The SMILES string of the molecule is CCCCCCCCC(CCO)C(OC)(OC)c1ccccc1. The number of hydrogen-bond donors (Lipinski definition) is 1. The van der Waals surface area contributed by atoms with E-state index in [4.69, 9.17) is 9.47 Å². The third kappa shape index (κ3) is 5.91. The standard InChI is InChI=1S/C20H34O3/c1-4-5-6-7-8-10-15-19(16-17-21)20(22-2,23-3)18-13-11-9-12-14-18/h9,11-14,19,21H,4-8,10,15-17H2,1-3H3. The van der Waals surface area contributed by atoms with Crippen LogP contribution in [0.4, 0.5) is 0 Å². The second kappa shape index (κ2) is 11.6. The van der Waals surface area contributed by atoms with Crippen LogP contribution in [0.1, 0.15) is 63.9 Å². The van der Waals surface area contributed by atoms with Gasteiger partial charge in [-0.3, -0.25) is 0 Å². The van der Waals surface area contributed by atoms with Crippen molar-refractivity contribution in [2.24, 2.45) is 5.92 Å². The van der Waals surface area contributed by atoms with Crippen LogP contribution in [0.2, 0.25) is 0 Å². The molecule has 1 atom stereocenters. The summed E-state index contributed by atoms with van der Waals surface area (Å²) in [6.07, 6.45) is 9.28. The van der Waals surface area contributed by atoms with Crippen LogP contribution in [0.15, 0.2) is 30.3 Å².